The van der Waals surface area contributed by atoms with Crippen molar-refractivity contribution in [2.75, 3.05) is 12.9 Å². The van der Waals surface area contributed by atoms with E-state index < -0.39 is 30.3 Å². The molecule has 26 heavy (non-hydrogen) atoms. The minimum atomic E-state index is -1.03. The van der Waals surface area contributed by atoms with Crippen LogP contribution in [0, 0.1) is 12.7 Å². The molecule has 2 aromatic rings. The standard InChI is InChI=1S/C19H20FNO4S/c1-12-3-8-15(20)17(9-12)25-11-18(22)21-16(10-19(23)24)13-4-6-14(26-2)7-5-13/h3-9,16H,10-11H2,1-2H3,(H,21,22)(H,23,24). The van der Waals surface area contributed by atoms with Crippen LogP contribution in [0.5, 0.6) is 5.75 Å². The number of nitrogens with one attached hydrogen (secondary N) is 1. The van der Waals surface area contributed by atoms with Crippen LogP contribution in [0.3, 0.4) is 0 Å². The number of thioether (sulfide) groups is 1. The highest BCUT2D eigenvalue weighted by Crippen LogP contribution is 2.22. The molecule has 2 aromatic carbocycles. The number of carboxylic acid groups (broad SMARTS) is 1. The van der Waals surface area contributed by atoms with Crippen molar-refractivity contribution in [3.05, 3.63) is 59.4 Å². The van der Waals surface area contributed by atoms with E-state index in [2.05, 4.69) is 5.32 Å². The van der Waals surface area contributed by atoms with Crippen molar-refractivity contribution in [3.8, 4) is 5.75 Å². The van der Waals surface area contributed by atoms with E-state index >= 15 is 0 Å². The Hall–Kier alpha value is -2.54. The van der Waals surface area contributed by atoms with Crippen LogP contribution in [0.4, 0.5) is 4.39 Å². The highest BCUT2D eigenvalue weighted by atomic mass is 32.2. The van der Waals surface area contributed by atoms with E-state index in [4.69, 9.17) is 9.84 Å². The van der Waals surface area contributed by atoms with Gasteiger partial charge in [0.05, 0.1) is 12.5 Å². The van der Waals surface area contributed by atoms with Gasteiger partial charge in [0.15, 0.2) is 18.2 Å². The number of carbonyl (C=O) groups is 2. The molecule has 0 bridgehead atoms. The van der Waals surface area contributed by atoms with Gasteiger partial charge in [0.2, 0.25) is 0 Å². The van der Waals surface area contributed by atoms with Crippen LogP contribution in [-0.4, -0.2) is 29.8 Å². The smallest absolute Gasteiger partial charge is 0.305 e. The minimum Gasteiger partial charge on any atom is -0.481 e. The maximum Gasteiger partial charge on any atom is 0.305 e. The van der Waals surface area contributed by atoms with Gasteiger partial charge in [-0.15, -0.1) is 11.8 Å². The van der Waals surface area contributed by atoms with E-state index in [0.29, 0.717) is 5.56 Å². The van der Waals surface area contributed by atoms with E-state index in [1.165, 1.54) is 12.1 Å². The van der Waals surface area contributed by atoms with Gasteiger partial charge in [-0.2, -0.15) is 0 Å². The zero-order valence-corrected chi connectivity index (χ0v) is 15.3. The molecule has 0 radical (unpaired) electrons. The van der Waals surface area contributed by atoms with Crippen LogP contribution in [0.2, 0.25) is 0 Å². The summed E-state index contributed by atoms with van der Waals surface area (Å²) in [6, 6.07) is 11.0. The summed E-state index contributed by atoms with van der Waals surface area (Å²) in [7, 11) is 0. The minimum absolute atomic E-state index is 0.0146. The summed E-state index contributed by atoms with van der Waals surface area (Å²) in [4.78, 5) is 24.3. The fraction of sp³-hybridized carbons (Fsp3) is 0.263. The van der Waals surface area contributed by atoms with E-state index in [1.54, 1.807) is 36.9 Å². The molecule has 0 aliphatic carbocycles. The lowest BCUT2D eigenvalue weighted by molar-refractivity contribution is -0.137. The normalized spacial score (nSPS) is 11.7. The predicted octanol–water partition coefficient (Wildman–Crippen LogP) is 3.57. The number of carboxylic acids is 1. The van der Waals surface area contributed by atoms with Gasteiger partial charge >= 0.3 is 5.97 Å². The zero-order valence-electron chi connectivity index (χ0n) is 14.5. The van der Waals surface area contributed by atoms with E-state index in [9.17, 15) is 14.0 Å². The molecule has 0 aliphatic heterocycles. The van der Waals surface area contributed by atoms with Gasteiger partial charge < -0.3 is 15.2 Å². The summed E-state index contributed by atoms with van der Waals surface area (Å²) in [5.41, 5.74) is 1.49. The topological polar surface area (TPSA) is 75.6 Å². The third kappa shape index (κ3) is 5.77. The number of rotatable bonds is 8. The first-order valence-corrected chi connectivity index (χ1v) is 9.15. The molecule has 0 saturated carbocycles. The number of carbonyl (C=O) groups excluding carboxylic acids is 1. The van der Waals surface area contributed by atoms with Crippen molar-refractivity contribution >= 4 is 23.6 Å². The van der Waals surface area contributed by atoms with Crippen molar-refractivity contribution < 1.29 is 23.8 Å². The van der Waals surface area contributed by atoms with Gasteiger partial charge in [0, 0.05) is 4.90 Å². The molecule has 0 fully saturated rings. The van der Waals surface area contributed by atoms with Gasteiger partial charge in [-0.1, -0.05) is 18.2 Å². The molecule has 0 heterocycles. The Balaban J connectivity index is 2.03. The number of aryl methyl sites for hydroxylation is 1. The van der Waals surface area contributed by atoms with Gasteiger partial charge in [0.1, 0.15) is 0 Å². The third-order valence-corrected chi connectivity index (χ3v) is 4.42. The molecule has 0 spiro atoms. The van der Waals surface area contributed by atoms with Crippen molar-refractivity contribution in [3.63, 3.8) is 0 Å². The second-order valence-corrected chi connectivity index (χ2v) is 6.59. The largest absolute Gasteiger partial charge is 0.481 e. The van der Waals surface area contributed by atoms with Crippen molar-refractivity contribution in [2.45, 2.75) is 24.3 Å². The van der Waals surface area contributed by atoms with Crippen LogP contribution >= 0.6 is 11.8 Å². The first-order valence-electron chi connectivity index (χ1n) is 7.93. The van der Waals surface area contributed by atoms with Crippen molar-refractivity contribution in [1.82, 2.24) is 5.32 Å². The Labute approximate surface area is 155 Å². The fourth-order valence-electron chi connectivity index (χ4n) is 2.36. The molecule has 5 nitrogen and oxygen atoms in total. The number of ether oxygens (including phenoxy) is 1. The molecule has 0 aliphatic rings. The lowest BCUT2D eigenvalue weighted by Crippen LogP contribution is -2.34. The SMILES string of the molecule is CSc1ccc(C(CC(=O)O)NC(=O)COc2cc(C)ccc2F)cc1. The Morgan fingerprint density at radius 1 is 1.23 bits per heavy atom. The Kier molecular flexibility index (Phi) is 7.03. The summed E-state index contributed by atoms with van der Waals surface area (Å²) >= 11 is 1.57. The highest BCUT2D eigenvalue weighted by Gasteiger charge is 2.19. The number of benzene rings is 2. The molecule has 1 amide bonds. The summed E-state index contributed by atoms with van der Waals surface area (Å²) in [5.74, 6) is -2.13. The molecule has 138 valence electrons. The second kappa shape index (κ2) is 9.24. The van der Waals surface area contributed by atoms with Crippen LogP contribution in [-0.2, 0) is 9.59 Å². The molecule has 2 N–H and O–H groups in total. The summed E-state index contributed by atoms with van der Waals surface area (Å²) in [6.07, 6.45) is 1.68. The number of hydrogen-bond acceptors (Lipinski definition) is 4. The molecule has 1 atom stereocenters. The number of amides is 1. The van der Waals surface area contributed by atoms with Crippen LogP contribution in [0.1, 0.15) is 23.6 Å². The van der Waals surface area contributed by atoms with Crippen LogP contribution < -0.4 is 10.1 Å². The van der Waals surface area contributed by atoms with Gasteiger partial charge in [0.25, 0.3) is 5.91 Å². The molecular formula is C19H20FNO4S. The summed E-state index contributed by atoms with van der Waals surface area (Å²) < 4.78 is 18.9. The van der Waals surface area contributed by atoms with E-state index in [-0.39, 0.29) is 12.2 Å². The molecule has 7 heteroatoms. The predicted molar refractivity (Wildman–Crippen MR) is 98.0 cm³/mol. The molecule has 0 aromatic heterocycles. The lowest BCUT2D eigenvalue weighted by atomic mass is 10.0. The number of hydrogen-bond donors (Lipinski definition) is 2. The van der Waals surface area contributed by atoms with Crippen molar-refractivity contribution in [2.24, 2.45) is 0 Å². The molecule has 0 saturated heterocycles. The van der Waals surface area contributed by atoms with Gasteiger partial charge in [-0.3, -0.25) is 9.59 Å². The average Bonchev–Trinajstić information content (AvgIpc) is 2.61. The fourth-order valence-corrected chi connectivity index (χ4v) is 2.77. The lowest BCUT2D eigenvalue weighted by Gasteiger charge is -2.18. The van der Waals surface area contributed by atoms with Gasteiger partial charge in [-0.25, -0.2) is 4.39 Å². The monoisotopic (exact) mass is 377 g/mol. The first-order chi connectivity index (χ1) is 12.4. The zero-order chi connectivity index (χ0) is 19.1. The average molecular weight is 377 g/mol. The van der Waals surface area contributed by atoms with E-state index in [1.807, 2.05) is 18.4 Å². The number of halogens is 1. The Morgan fingerprint density at radius 2 is 1.92 bits per heavy atom. The molecule has 1 unspecified atom stereocenters. The molecular weight excluding hydrogens is 357 g/mol. The quantitative estimate of drug-likeness (QED) is 0.688. The number of aliphatic carboxylic acids is 1. The second-order valence-electron chi connectivity index (χ2n) is 5.71. The first kappa shape index (κ1) is 19.8. The Bertz CT molecular complexity index is 780. The van der Waals surface area contributed by atoms with Crippen LogP contribution in [0.25, 0.3) is 0 Å². The van der Waals surface area contributed by atoms with E-state index in [0.717, 1.165) is 10.5 Å². The summed E-state index contributed by atoms with van der Waals surface area (Å²) in [5, 5.41) is 11.7. The molecule has 2 rings (SSSR count). The van der Waals surface area contributed by atoms with Crippen LogP contribution in [0.15, 0.2) is 47.4 Å². The third-order valence-electron chi connectivity index (χ3n) is 3.68. The Morgan fingerprint density at radius 3 is 2.54 bits per heavy atom. The van der Waals surface area contributed by atoms with Gasteiger partial charge in [-0.05, 0) is 48.6 Å². The highest BCUT2D eigenvalue weighted by molar-refractivity contribution is 7.98. The summed E-state index contributed by atoms with van der Waals surface area (Å²) in [6.45, 7) is 1.38. The maximum absolute atomic E-state index is 13.7. The maximum atomic E-state index is 13.7. The van der Waals surface area contributed by atoms with Crippen molar-refractivity contribution in [1.29, 1.82) is 0 Å².